The molecular formula is C20H24N3O3S+. The first-order chi connectivity index (χ1) is 12.8. The first kappa shape index (κ1) is 18.3. The van der Waals surface area contributed by atoms with Crippen LogP contribution >= 0.6 is 0 Å². The molecule has 2 aromatic carbocycles. The second-order valence-electron chi connectivity index (χ2n) is 7.56. The van der Waals surface area contributed by atoms with Crippen LogP contribution in [-0.4, -0.2) is 33.8 Å². The molecule has 2 aliphatic rings. The first-order valence-corrected chi connectivity index (χ1v) is 10.6. The minimum absolute atomic E-state index is 0.0552. The number of quaternary nitrogens is 1. The summed E-state index contributed by atoms with van der Waals surface area (Å²) in [5.74, 6) is -0.0552. The quantitative estimate of drug-likeness (QED) is 0.626. The highest BCUT2D eigenvalue weighted by molar-refractivity contribution is 7.89. The van der Waals surface area contributed by atoms with Crippen LogP contribution in [0.15, 0.2) is 48.5 Å². The van der Waals surface area contributed by atoms with E-state index in [1.807, 2.05) is 24.3 Å². The van der Waals surface area contributed by atoms with Crippen LogP contribution in [0.2, 0.25) is 0 Å². The fourth-order valence-electron chi connectivity index (χ4n) is 4.71. The summed E-state index contributed by atoms with van der Waals surface area (Å²) < 4.78 is 25.7. The predicted molar refractivity (Wildman–Crippen MR) is 106 cm³/mol. The standard InChI is InChI=1S/C20H24N3O3S/c1-15(24)16-6-8-17(9-7-16)23(27(21,25)26)14-20(10-12-22-13-11-20)18-4-2-3-5-19(18)23/h2-9,22H,10-14H2,1H3,(H2,21,25,26)/q+1. The lowest BCUT2D eigenvalue weighted by Gasteiger charge is -2.36. The van der Waals surface area contributed by atoms with Crippen molar-refractivity contribution in [2.75, 3.05) is 19.6 Å². The van der Waals surface area contributed by atoms with Crippen molar-refractivity contribution in [3.63, 3.8) is 0 Å². The maximum absolute atomic E-state index is 13.0. The number of nitrogens with zero attached hydrogens (tertiary/aromatic N) is 1. The molecule has 1 unspecified atom stereocenters. The molecule has 4 rings (SSSR count). The topological polar surface area (TPSA) is 89.3 Å². The molecule has 1 spiro atoms. The molecule has 0 aromatic heterocycles. The van der Waals surface area contributed by atoms with E-state index in [1.165, 1.54) is 6.92 Å². The van der Waals surface area contributed by atoms with Gasteiger partial charge >= 0.3 is 10.2 Å². The fraction of sp³-hybridized carbons (Fsp3) is 0.350. The molecule has 3 N–H and O–H groups in total. The molecule has 0 aliphatic carbocycles. The zero-order valence-electron chi connectivity index (χ0n) is 15.3. The predicted octanol–water partition coefficient (Wildman–Crippen LogP) is 2.37. The molecule has 2 aliphatic heterocycles. The van der Waals surface area contributed by atoms with Crippen LogP contribution in [0.3, 0.4) is 0 Å². The number of carbonyl (C=O) groups excluding carboxylic acids is 1. The SMILES string of the molecule is CC(=O)c1ccc([N+]2(S(N)(=O)=O)CC3(CCNCC3)c3ccccc32)cc1. The van der Waals surface area contributed by atoms with Crippen LogP contribution in [0.5, 0.6) is 0 Å². The molecular weight excluding hydrogens is 362 g/mol. The van der Waals surface area contributed by atoms with Crippen molar-refractivity contribution in [1.29, 1.82) is 0 Å². The summed E-state index contributed by atoms with van der Waals surface area (Å²) in [7, 11) is -4.01. The first-order valence-electron chi connectivity index (χ1n) is 9.14. The third kappa shape index (κ3) is 2.65. The number of para-hydroxylation sites is 1. The summed E-state index contributed by atoms with van der Waals surface area (Å²) in [6.45, 7) is 3.57. The third-order valence-electron chi connectivity index (χ3n) is 6.08. The van der Waals surface area contributed by atoms with Crippen LogP contribution in [0, 0.1) is 0 Å². The van der Waals surface area contributed by atoms with E-state index < -0.39 is 14.1 Å². The van der Waals surface area contributed by atoms with Gasteiger partial charge in [-0.05, 0) is 45.0 Å². The molecule has 0 bridgehead atoms. The second-order valence-corrected chi connectivity index (χ2v) is 9.22. The highest BCUT2D eigenvalue weighted by Crippen LogP contribution is 2.54. The number of hydrogen-bond acceptors (Lipinski definition) is 4. The van der Waals surface area contributed by atoms with Crippen LogP contribution in [0.4, 0.5) is 11.4 Å². The van der Waals surface area contributed by atoms with Crippen molar-refractivity contribution in [2.24, 2.45) is 5.14 Å². The summed E-state index contributed by atoms with van der Waals surface area (Å²) in [5, 5.41) is 9.24. The average Bonchev–Trinajstić information content (AvgIpc) is 2.94. The lowest BCUT2D eigenvalue weighted by Crippen LogP contribution is -2.56. The number of piperidine rings is 1. The van der Waals surface area contributed by atoms with Gasteiger partial charge in [-0.3, -0.25) is 4.79 Å². The van der Waals surface area contributed by atoms with E-state index in [0.29, 0.717) is 17.8 Å². The number of nitrogens with one attached hydrogen (secondary N) is 1. The lowest BCUT2D eigenvalue weighted by atomic mass is 9.75. The molecule has 27 heavy (non-hydrogen) atoms. The summed E-state index contributed by atoms with van der Waals surface area (Å²) in [6.07, 6.45) is 1.73. The Kier molecular flexibility index (Phi) is 4.23. The Bertz CT molecular complexity index is 995. The molecule has 0 amide bonds. The number of carbonyl (C=O) groups is 1. The lowest BCUT2D eigenvalue weighted by molar-refractivity contribution is 0.101. The van der Waals surface area contributed by atoms with E-state index in [9.17, 15) is 13.2 Å². The largest absolute Gasteiger partial charge is 0.377 e. The molecule has 0 radical (unpaired) electrons. The Morgan fingerprint density at radius 2 is 1.70 bits per heavy atom. The van der Waals surface area contributed by atoms with Gasteiger partial charge in [0.05, 0.1) is 5.41 Å². The van der Waals surface area contributed by atoms with Crippen molar-refractivity contribution in [3.8, 4) is 0 Å². The Balaban J connectivity index is 1.97. The minimum Gasteiger partial charge on any atom is -0.317 e. The summed E-state index contributed by atoms with van der Waals surface area (Å²) >= 11 is 0. The van der Waals surface area contributed by atoms with E-state index in [1.54, 1.807) is 24.3 Å². The number of hydrogen-bond donors (Lipinski definition) is 2. The molecule has 142 valence electrons. The maximum Gasteiger partial charge on any atom is 0.377 e. The Hall–Kier alpha value is -2.06. The van der Waals surface area contributed by atoms with E-state index in [4.69, 9.17) is 5.14 Å². The van der Waals surface area contributed by atoms with Crippen LogP contribution in [0.25, 0.3) is 0 Å². The number of benzene rings is 2. The van der Waals surface area contributed by atoms with Gasteiger partial charge in [-0.15, -0.1) is 3.89 Å². The van der Waals surface area contributed by atoms with Crippen molar-refractivity contribution >= 4 is 27.4 Å². The van der Waals surface area contributed by atoms with Gasteiger partial charge in [0.2, 0.25) is 0 Å². The van der Waals surface area contributed by atoms with Crippen LogP contribution in [-0.2, 0) is 15.6 Å². The van der Waals surface area contributed by atoms with Gasteiger partial charge in [-0.2, -0.15) is 13.6 Å². The van der Waals surface area contributed by atoms with E-state index >= 15 is 0 Å². The van der Waals surface area contributed by atoms with Crippen LogP contribution in [0.1, 0.15) is 35.7 Å². The maximum atomic E-state index is 13.0. The Labute approximate surface area is 159 Å². The monoisotopic (exact) mass is 386 g/mol. The van der Waals surface area contributed by atoms with Crippen molar-refractivity contribution in [2.45, 2.75) is 25.2 Å². The summed E-state index contributed by atoms with van der Waals surface area (Å²) in [4.78, 5) is 11.6. The van der Waals surface area contributed by atoms with Gasteiger partial charge in [-0.1, -0.05) is 18.2 Å². The van der Waals surface area contributed by atoms with Crippen molar-refractivity contribution in [3.05, 3.63) is 59.7 Å². The van der Waals surface area contributed by atoms with Gasteiger partial charge in [-0.25, -0.2) is 0 Å². The Morgan fingerprint density at radius 3 is 2.30 bits per heavy atom. The smallest absolute Gasteiger partial charge is 0.317 e. The van der Waals surface area contributed by atoms with E-state index in [0.717, 1.165) is 37.2 Å². The normalized spacial score (nSPS) is 23.9. The highest BCUT2D eigenvalue weighted by Gasteiger charge is 2.60. The molecule has 1 fully saturated rings. The van der Waals surface area contributed by atoms with Crippen molar-refractivity contribution < 1.29 is 13.2 Å². The molecule has 2 aromatic rings. The average molecular weight is 386 g/mol. The number of rotatable bonds is 3. The van der Waals surface area contributed by atoms with Gasteiger partial charge in [0.15, 0.2) is 17.2 Å². The zero-order chi connectivity index (χ0) is 19.3. The Morgan fingerprint density at radius 1 is 1.07 bits per heavy atom. The molecule has 0 saturated carbocycles. The molecule has 6 nitrogen and oxygen atoms in total. The molecule has 1 saturated heterocycles. The second kappa shape index (κ2) is 6.24. The zero-order valence-corrected chi connectivity index (χ0v) is 16.1. The van der Waals surface area contributed by atoms with E-state index in [-0.39, 0.29) is 11.2 Å². The molecule has 1 atom stereocenters. The minimum atomic E-state index is -4.01. The van der Waals surface area contributed by atoms with Gasteiger partial charge in [0, 0.05) is 29.3 Å². The van der Waals surface area contributed by atoms with Gasteiger partial charge < -0.3 is 5.32 Å². The fourth-order valence-corrected chi connectivity index (χ4v) is 5.98. The highest BCUT2D eigenvalue weighted by atomic mass is 32.2. The summed E-state index contributed by atoms with van der Waals surface area (Å²) in [6, 6.07) is 14.5. The van der Waals surface area contributed by atoms with E-state index in [2.05, 4.69) is 5.32 Å². The molecule has 2 heterocycles. The van der Waals surface area contributed by atoms with Gasteiger partial charge in [0.1, 0.15) is 6.54 Å². The third-order valence-corrected chi connectivity index (χ3v) is 7.48. The number of Topliss-reactive ketones (excluding diaryl/α,β-unsaturated/α-hetero) is 1. The number of ketones is 1. The molecule has 7 heteroatoms. The van der Waals surface area contributed by atoms with Gasteiger partial charge in [0.25, 0.3) is 0 Å². The summed E-state index contributed by atoms with van der Waals surface area (Å²) in [5.41, 5.74) is 2.68. The van der Waals surface area contributed by atoms with Crippen LogP contribution < -0.4 is 14.3 Å². The number of nitrogens with two attached hydrogens (primary N) is 1. The van der Waals surface area contributed by atoms with Crippen molar-refractivity contribution in [1.82, 2.24) is 9.21 Å². The number of fused-ring (bicyclic) bond motifs is 2.